The smallest absolute Gasteiger partial charge is 0.212 e. The summed E-state index contributed by atoms with van der Waals surface area (Å²) < 4.78 is 25.6. The Labute approximate surface area is 127 Å². The van der Waals surface area contributed by atoms with E-state index in [0.717, 1.165) is 25.9 Å². The summed E-state index contributed by atoms with van der Waals surface area (Å²) in [4.78, 5) is 2.38. The molecule has 0 aliphatic carbocycles. The van der Waals surface area contributed by atoms with Crippen LogP contribution in [0.4, 0.5) is 5.69 Å². The van der Waals surface area contributed by atoms with E-state index in [4.69, 9.17) is 0 Å². The number of para-hydroxylation sites is 1. The van der Waals surface area contributed by atoms with E-state index in [0.29, 0.717) is 19.1 Å². The maximum atomic E-state index is 11.5. The Morgan fingerprint density at radius 2 is 1.86 bits per heavy atom. The number of anilines is 1. The number of nitrogens with zero attached hydrogens (tertiary/aromatic N) is 1. The molecule has 1 heterocycles. The lowest BCUT2D eigenvalue weighted by molar-refractivity contribution is 0.423. The SMILES string of the molecule is CCNS(=O)(=O)CCNC1CCN(c2ccccc2)CC1. The summed E-state index contributed by atoms with van der Waals surface area (Å²) >= 11 is 0. The predicted octanol–water partition coefficient (Wildman–Crippen LogP) is 1.18. The van der Waals surface area contributed by atoms with E-state index in [-0.39, 0.29) is 5.75 Å². The van der Waals surface area contributed by atoms with Gasteiger partial charge in [0.15, 0.2) is 0 Å². The van der Waals surface area contributed by atoms with Gasteiger partial charge >= 0.3 is 0 Å². The molecule has 1 saturated heterocycles. The standard InChI is InChI=1S/C15H25N3O2S/c1-2-17-21(19,20)13-10-16-14-8-11-18(12-9-14)15-6-4-3-5-7-15/h3-7,14,16-17H,2,8-13H2,1H3. The third-order valence-electron chi connectivity index (χ3n) is 3.78. The summed E-state index contributed by atoms with van der Waals surface area (Å²) in [6.45, 7) is 4.80. The highest BCUT2D eigenvalue weighted by molar-refractivity contribution is 7.89. The van der Waals surface area contributed by atoms with Crippen molar-refractivity contribution in [3.05, 3.63) is 30.3 Å². The van der Waals surface area contributed by atoms with Crippen LogP contribution in [0.2, 0.25) is 0 Å². The van der Waals surface area contributed by atoms with Gasteiger partial charge in [0.25, 0.3) is 0 Å². The highest BCUT2D eigenvalue weighted by Crippen LogP contribution is 2.19. The first kappa shape index (κ1) is 16.3. The molecule has 0 amide bonds. The Balaban J connectivity index is 1.70. The van der Waals surface area contributed by atoms with Gasteiger partial charge in [-0.05, 0) is 25.0 Å². The van der Waals surface area contributed by atoms with Crippen molar-refractivity contribution >= 4 is 15.7 Å². The molecule has 0 bridgehead atoms. The molecule has 5 nitrogen and oxygen atoms in total. The fraction of sp³-hybridized carbons (Fsp3) is 0.600. The van der Waals surface area contributed by atoms with Gasteiger partial charge in [0.05, 0.1) is 5.75 Å². The highest BCUT2D eigenvalue weighted by Gasteiger charge is 2.19. The van der Waals surface area contributed by atoms with E-state index in [1.165, 1.54) is 5.69 Å². The van der Waals surface area contributed by atoms with Crippen LogP contribution in [0.3, 0.4) is 0 Å². The van der Waals surface area contributed by atoms with E-state index in [9.17, 15) is 8.42 Å². The molecule has 1 aromatic carbocycles. The van der Waals surface area contributed by atoms with Crippen molar-refractivity contribution < 1.29 is 8.42 Å². The highest BCUT2D eigenvalue weighted by atomic mass is 32.2. The van der Waals surface area contributed by atoms with Crippen molar-refractivity contribution in [2.45, 2.75) is 25.8 Å². The van der Waals surface area contributed by atoms with E-state index in [1.54, 1.807) is 6.92 Å². The minimum Gasteiger partial charge on any atom is -0.371 e. The van der Waals surface area contributed by atoms with Gasteiger partial charge in [-0.3, -0.25) is 0 Å². The molecule has 1 aromatic rings. The number of hydrogen-bond donors (Lipinski definition) is 2. The lowest BCUT2D eigenvalue weighted by Crippen LogP contribution is -2.44. The average molecular weight is 311 g/mol. The van der Waals surface area contributed by atoms with Gasteiger partial charge < -0.3 is 10.2 Å². The van der Waals surface area contributed by atoms with Crippen LogP contribution >= 0.6 is 0 Å². The van der Waals surface area contributed by atoms with Gasteiger partial charge in [-0.1, -0.05) is 25.1 Å². The summed E-state index contributed by atoms with van der Waals surface area (Å²) in [5, 5.41) is 3.36. The van der Waals surface area contributed by atoms with Gasteiger partial charge in [0, 0.05) is 37.9 Å². The van der Waals surface area contributed by atoms with E-state index >= 15 is 0 Å². The Hall–Kier alpha value is -1.11. The molecule has 0 saturated carbocycles. The van der Waals surface area contributed by atoms with Crippen LogP contribution in [0.1, 0.15) is 19.8 Å². The van der Waals surface area contributed by atoms with Crippen LogP contribution in [0, 0.1) is 0 Å². The largest absolute Gasteiger partial charge is 0.371 e. The van der Waals surface area contributed by atoms with Gasteiger partial charge in [0.2, 0.25) is 10.0 Å². The zero-order valence-electron chi connectivity index (χ0n) is 12.6. The van der Waals surface area contributed by atoms with Gasteiger partial charge in [-0.15, -0.1) is 0 Å². The van der Waals surface area contributed by atoms with Crippen molar-refractivity contribution in [3.63, 3.8) is 0 Å². The summed E-state index contributed by atoms with van der Waals surface area (Å²) in [7, 11) is -3.11. The molecule has 1 aliphatic heterocycles. The number of sulfonamides is 1. The molecule has 2 rings (SSSR count). The first-order chi connectivity index (χ1) is 10.1. The number of nitrogens with one attached hydrogen (secondary N) is 2. The summed E-state index contributed by atoms with van der Waals surface area (Å²) in [6, 6.07) is 10.8. The molecule has 6 heteroatoms. The quantitative estimate of drug-likeness (QED) is 0.794. The summed E-state index contributed by atoms with van der Waals surface area (Å²) in [5.41, 5.74) is 1.27. The maximum Gasteiger partial charge on any atom is 0.212 e. The first-order valence-electron chi connectivity index (χ1n) is 7.61. The average Bonchev–Trinajstić information content (AvgIpc) is 2.48. The molecule has 118 valence electrons. The van der Waals surface area contributed by atoms with Gasteiger partial charge in [-0.25, -0.2) is 13.1 Å². The van der Waals surface area contributed by atoms with Crippen LogP contribution in [0.15, 0.2) is 30.3 Å². The molecule has 0 aromatic heterocycles. The molecule has 0 spiro atoms. The summed E-state index contributed by atoms with van der Waals surface area (Å²) in [6.07, 6.45) is 2.10. The molecule has 0 unspecified atom stereocenters. The van der Waals surface area contributed by atoms with Gasteiger partial charge in [0.1, 0.15) is 0 Å². The minimum atomic E-state index is -3.11. The molecule has 1 fully saturated rings. The van der Waals surface area contributed by atoms with Crippen LogP contribution in [0.5, 0.6) is 0 Å². The monoisotopic (exact) mass is 311 g/mol. The normalized spacial score (nSPS) is 17.1. The second-order valence-electron chi connectivity index (χ2n) is 5.37. The lowest BCUT2D eigenvalue weighted by Gasteiger charge is -2.34. The second-order valence-corrected chi connectivity index (χ2v) is 7.29. The molecule has 21 heavy (non-hydrogen) atoms. The first-order valence-corrected chi connectivity index (χ1v) is 9.26. The van der Waals surface area contributed by atoms with Crippen molar-refractivity contribution in [1.82, 2.24) is 10.0 Å². The molecule has 0 radical (unpaired) electrons. The third kappa shape index (κ3) is 5.30. The van der Waals surface area contributed by atoms with Crippen molar-refractivity contribution in [3.8, 4) is 0 Å². The van der Waals surface area contributed by atoms with Crippen molar-refractivity contribution in [1.29, 1.82) is 0 Å². The molecular weight excluding hydrogens is 286 g/mol. The Kier molecular flexibility index (Phi) is 6.02. The fourth-order valence-corrected chi connectivity index (χ4v) is 3.64. The lowest BCUT2D eigenvalue weighted by atomic mass is 10.0. The molecule has 1 aliphatic rings. The van der Waals surface area contributed by atoms with Crippen molar-refractivity contribution in [2.75, 3.05) is 36.8 Å². The topological polar surface area (TPSA) is 61.4 Å². The Morgan fingerprint density at radius 3 is 2.48 bits per heavy atom. The van der Waals surface area contributed by atoms with Crippen LogP contribution < -0.4 is 14.9 Å². The fourth-order valence-electron chi connectivity index (χ4n) is 2.67. The second kappa shape index (κ2) is 7.77. The third-order valence-corrected chi connectivity index (χ3v) is 5.25. The minimum absolute atomic E-state index is 0.153. The van der Waals surface area contributed by atoms with E-state index in [2.05, 4.69) is 39.2 Å². The zero-order valence-corrected chi connectivity index (χ0v) is 13.4. The number of benzene rings is 1. The zero-order chi connectivity index (χ0) is 15.1. The van der Waals surface area contributed by atoms with Crippen molar-refractivity contribution in [2.24, 2.45) is 0 Å². The van der Waals surface area contributed by atoms with E-state index < -0.39 is 10.0 Å². The van der Waals surface area contributed by atoms with E-state index in [1.807, 2.05) is 6.07 Å². The Morgan fingerprint density at radius 1 is 1.19 bits per heavy atom. The number of piperidine rings is 1. The number of rotatable bonds is 7. The van der Waals surface area contributed by atoms with Gasteiger partial charge in [-0.2, -0.15) is 0 Å². The predicted molar refractivity (Wildman–Crippen MR) is 87.1 cm³/mol. The van der Waals surface area contributed by atoms with Crippen LogP contribution in [0.25, 0.3) is 0 Å². The maximum absolute atomic E-state index is 11.5. The van der Waals surface area contributed by atoms with Crippen LogP contribution in [-0.2, 0) is 10.0 Å². The summed E-state index contributed by atoms with van der Waals surface area (Å²) in [5.74, 6) is 0.153. The molecular formula is C15H25N3O2S. The number of hydrogen-bond acceptors (Lipinski definition) is 4. The molecule has 2 N–H and O–H groups in total. The van der Waals surface area contributed by atoms with Crippen LogP contribution in [-0.4, -0.2) is 46.4 Å². The molecule has 0 atom stereocenters. The Bertz CT molecular complexity index is 511.